The Morgan fingerprint density at radius 3 is 2.75 bits per heavy atom. The first-order valence-corrected chi connectivity index (χ1v) is 6.57. The molecule has 2 amide bonds. The zero-order valence-corrected chi connectivity index (χ0v) is 11.3. The topological polar surface area (TPSA) is 55.6 Å². The van der Waals surface area contributed by atoms with Gasteiger partial charge in [-0.05, 0) is 36.6 Å². The summed E-state index contributed by atoms with van der Waals surface area (Å²) in [6.45, 7) is 0. The van der Waals surface area contributed by atoms with Crippen LogP contribution in [-0.2, 0) is 4.74 Å². The Balaban J connectivity index is 2.28. The minimum absolute atomic E-state index is 0.484. The number of primary amides is 1. The number of ether oxygens (including phenoxy) is 1. The predicted molar refractivity (Wildman–Crippen MR) is 78.9 cm³/mol. The number of fused-ring (bicyclic) bond motifs is 2. The lowest BCUT2D eigenvalue weighted by Gasteiger charge is -2.25. The second-order valence-electron chi connectivity index (χ2n) is 4.73. The molecule has 1 aromatic carbocycles. The van der Waals surface area contributed by atoms with E-state index in [0.717, 1.165) is 41.1 Å². The molecule has 0 atom stereocenters. The van der Waals surface area contributed by atoms with Gasteiger partial charge in [-0.25, -0.2) is 4.79 Å². The van der Waals surface area contributed by atoms with Gasteiger partial charge in [-0.1, -0.05) is 24.3 Å². The molecule has 102 valence electrons. The highest BCUT2D eigenvalue weighted by Crippen LogP contribution is 2.38. The predicted octanol–water partition coefficient (Wildman–Crippen LogP) is 3.18. The van der Waals surface area contributed by atoms with Crippen molar-refractivity contribution < 1.29 is 9.53 Å². The molecule has 1 heterocycles. The molecule has 4 heteroatoms. The molecular weight excluding hydrogens is 252 g/mol. The van der Waals surface area contributed by atoms with E-state index >= 15 is 0 Å². The summed E-state index contributed by atoms with van der Waals surface area (Å²) < 4.78 is 5.49. The number of hydrogen-bond acceptors (Lipinski definition) is 2. The van der Waals surface area contributed by atoms with E-state index in [1.54, 1.807) is 12.0 Å². The van der Waals surface area contributed by atoms with Crippen molar-refractivity contribution in [2.24, 2.45) is 5.73 Å². The Kier molecular flexibility index (Phi) is 3.06. The quantitative estimate of drug-likeness (QED) is 0.850. The van der Waals surface area contributed by atoms with Gasteiger partial charge in [0.25, 0.3) is 0 Å². The Labute approximate surface area is 117 Å². The SMILES string of the molecule is COC1=CC2=CCCC=C2N(C(N)=O)c2ccccc21. The molecule has 3 rings (SSSR count). The van der Waals surface area contributed by atoms with Crippen molar-refractivity contribution in [3.05, 3.63) is 59.3 Å². The van der Waals surface area contributed by atoms with Gasteiger partial charge in [0.1, 0.15) is 5.76 Å². The Bertz CT molecular complexity index is 656. The first kappa shape index (κ1) is 12.5. The average Bonchev–Trinajstić information content (AvgIpc) is 2.61. The lowest BCUT2D eigenvalue weighted by molar-refractivity contribution is 0.255. The highest BCUT2D eigenvalue weighted by atomic mass is 16.5. The summed E-state index contributed by atoms with van der Waals surface area (Å²) in [4.78, 5) is 13.5. The number of methoxy groups -OCH3 is 1. The molecule has 0 unspecified atom stereocenters. The van der Waals surface area contributed by atoms with Crippen LogP contribution < -0.4 is 10.6 Å². The van der Waals surface area contributed by atoms with Crippen LogP contribution in [0.5, 0.6) is 0 Å². The fourth-order valence-corrected chi connectivity index (χ4v) is 2.67. The van der Waals surface area contributed by atoms with Crippen LogP contribution in [0.25, 0.3) is 5.76 Å². The monoisotopic (exact) mass is 268 g/mol. The van der Waals surface area contributed by atoms with Gasteiger partial charge in [0.15, 0.2) is 0 Å². The normalized spacial score (nSPS) is 17.1. The first-order valence-electron chi connectivity index (χ1n) is 6.57. The number of allylic oxidation sites excluding steroid dienone is 3. The minimum atomic E-state index is -0.484. The number of nitrogens with two attached hydrogens (primary N) is 1. The molecule has 0 spiro atoms. The van der Waals surface area contributed by atoms with Crippen LogP contribution in [0.3, 0.4) is 0 Å². The van der Waals surface area contributed by atoms with Gasteiger partial charge in [-0.2, -0.15) is 0 Å². The minimum Gasteiger partial charge on any atom is -0.496 e. The third-order valence-corrected chi connectivity index (χ3v) is 3.54. The van der Waals surface area contributed by atoms with E-state index in [0.29, 0.717) is 0 Å². The zero-order chi connectivity index (χ0) is 14.1. The van der Waals surface area contributed by atoms with E-state index in [-0.39, 0.29) is 0 Å². The number of nitrogens with zero attached hydrogens (tertiary/aromatic N) is 1. The number of hydrogen-bond donors (Lipinski definition) is 1. The molecule has 1 aliphatic heterocycles. The molecule has 0 fully saturated rings. The third-order valence-electron chi connectivity index (χ3n) is 3.54. The van der Waals surface area contributed by atoms with E-state index in [2.05, 4.69) is 6.08 Å². The highest BCUT2D eigenvalue weighted by Gasteiger charge is 2.28. The van der Waals surface area contributed by atoms with Gasteiger partial charge in [-0.15, -0.1) is 0 Å². The molecule has 2 aliphatic rings. The molecular formula is C16H16N2O2. The molecule has 0 aromatic heterocycles. The zero-order valence-electron chi connectivity index (χ0n) is 11.3. The molecule has 4 nitrogen and oxygen atoms in total. The van der Waals surface area contributed by atoms with Crippen LogP contribution in [-0.4, -0.2) is 13.1 Å². The maximum atomic E-state index is 11.9. The fourth-order valence-electron chi connectivity index (χ4n) is 2.67. The van der Waals surface area contributed by atoms with Crippen molar-refractivity contribution in [2.45, 2.75) is 12.8 Å². The summed E-state index contributed by atoms with van der Waals surface area (Å²) in [7, 11) is 1.63. The van der Waals surface area contributed by atoms with Crippen molar-refractivity contribution in [2.75, 3.05) is 12.0 Å². The number of benzene rings is 1. The maximum Gasteiger partial charge on any atom is 0.323 e. The van der Waals surface area contributed by atoms with Crippen molar-refractivity contribution >= 4 is 17.5 Å². The second kappa shape index (κ2) is 4.89. The number of anilines is 1. The number of amides is 2. The van der Waals surface area contributed by atoms with E-state index in [1.807, 2.05) is 36.4 Å². The van der Waals surface area contributed by atoms with Gasteiger partial charge < -0.3 is 10.5 Å². The number of rotatable bonds is 1. The Morgan fingerprint density at radius 1 is 1.25 bits per heavy atom. The van der Waals surface area contributed by atoms with Crippen LogP contribution in [0.15, 0.2) is 53.8 Å². The van der Waals surface area contributed by atoms with Gasteiger partial charge >= 0.3 is 6.03 Å². The molecule has 2 N–H and O–H groups in total. The molecule has 1 aromatic rings. The Hall–Kier alpha value is -2.49. The van der Waals surface area contributed by atoms with Crippen molar-refractivity contribution in [3.8, 4) is 0 Å². The summed E-state index contributed by atoms with van der Waals surface area (Å²) in [5.74, 6) is 0.739. The van der Waals surface area contributed by atoms with Crippen LogP contribution in [0.4, 0.5) is 10.5 Å². The summed E-state index contributed by atoms with van der Waals surface area (Å²) in [6.07, 6.45) is 7.98. The lowest BCUT2D eigenvalue weighted by Crippen LogP contribution is -2.36. The van der Waals surface area contributed by atoms with Crippen LogP contribution >= 0.6 is 0 Å². The highest BCUT2D eigenvalue weighted by molar-refractivity contribution is 6.00. The molecule has 0 bridgehead atoms. The van der Waals surface area contributed by atoms with Crippen molar-refractivity contribution in [3.63, 3.8) is 0 Å². The van der Waals surface area contributed by atoms with Crippen LogP contribution in [0.2, 0.25) is 0 Å². The van der Waals surface area contributed by atoms with E-state index in [4.69, 9.17) is 10.5 Å². The molecule has 0 saturated carbocycles. The van der Waals surface area contributed by atoms with Crippen molar-refractivity contribution in [1.29, 1.82) is 0 Å². The third kappa shape index (κ3) is 1.90. The molecule has 0 saturated heterocycles. The number of carbonyl (C=O) groups is 1. The van der Waals surface area contributed by atoms with E-state index in [1.165, 1.54) is 0 Å². The first-order chi connectivity index (χ1) is 9.72. The average molecular weight is 268 g/mol. The molecule has 1 aliphatic carbocycles. The number of urea groups is 1. The summed E-state index contributed by atoms with van der Waals surface area (Å²) in [6, 6.07) is 7.13. The van der Waals surface area contributed by atoms with Crippen molar-refractivity contribution in [1.82, 2.24) is 0 Å². The number of carbonyl (C=O) groups excluding carboxylic acids is 1. The fraction of sp³-hybridized carbons (Fsp3) is 0.188. The van der Waals surface area contributed by atoms with Gasteiger partial charge in [0, 0.05) is 5.56 Å². The summed E-state index contributed by atoms with van der Waals surface area (Å²) in [5, 5.41) is 0. The van der Waals surface area contributed by atoms with E-state index in [9.17, 15) is 4.79 Å². The van der Waals surface area contributed by atoms with E-state index < -0.39 is 6.03 Å². The Morgan fingerprint density at radius 2 is 2.00 bits per heavy atom. The van der Waals surface area contributed by atoms with Gasteiger partial charge in [0.2, 0.25) is 0 Å². The largest absolute Gasteiger partial charge is 0.496 e. The smallest absolute Gasteiger partial charge is 0.323 e. The summed E-state index contributed by atoms with van der Waals surface area (Å²) in [5.41, 5.74) is 9.03. The van der Waals surface area contributed by atoms with Crippen LogP contribution in [0.1, 0.15) is 18.4 Å². The summed E-state index contributed by atoms with van der Waals surface area (Å²) >= 11 is 0. The van der Waals surface area contributed by atoms with Gasteiger partial charge in [-0.3, -0.25) is 4.90 Å². The second-order valence-corrected chi connectivity index (χ2v) is 4.73. The maximum absolute atomic E-state index is 11.9. The standard InChI is InChI=1S/C16H16N2O2/c1-20-15-10-11-6-2-4-8-13(11)18(16(17)19)14-9-5-3-7-12(14)15/h3,5-10H,2,4H2,1H3,(H2,17,19). The van der Waals surface area contributed by atoms with Crippen LogP contribution in [0, 0.1) is 0 Å². The lowest BCUT2D eigenvalue weighted by atomic mass is 10.0. The van der Waals surface area contributed by atoms with Gasteiger partial charge in [0.05, 0.1) is 18.5 Å². The number of para-hydroxylation sites is 1. The molecule has 0 radical (unpaired) electrons. The molecule has 20 heavy (non-hydrogen) atoms.